The second kappa shape index (κ2) is 4.18. The maximum Gasteiger partial charge on any atom is 0.392 e. The fourth-order valence-corrected chi connectivity index (χ4v) is 2.18. The molecule has 0 spiro atoms. The van der Waals surface area contributed by atoms with Crippen LogP contribution in [0.15, 0.2) is 10.9 Å². The number of hydrogen-bond donors (Lipinski definition) is 2. The zero-order chi connectivity index (χ0) is 12.6. The third kappa shape index (κ3) is 2.36. The van der Waals surface area contributed by atoms with Crippen LogP contribution in [0.4, 0.5) is 13.2 Å². The molecule has 2 rings (SSSR count). The Morgan fingerprint density at radius 1 is 1.47 bits per heavy atom. The first-order valence-electron chi connectivity index (χ1n) is 5.42. The van der Waals surface area contributed by atoms with E-state index in [1.165, 1.54) is 6.07 Å². The second-order valence-corrected chi connectivity index (χ2v) is 4.31. The summed E-state index contributed by atoms with van der Waals surface area (Å²) in [5.41, 5.74) is 6.59. The fourth-order valence-electron chi connectivity index (χ4n) is 2.18. The SMILES string of the molecule is NCc1cc2c([nH]c1=O)CCC(C(F)(F)F)C2. The van der Waals surface area contributed by atoms with E-state index in [1.54, 1.807) is 0 Å². The highest BCUT2D eigenvalue weighted by Crippen LogP contribution is 2.36. The third-order valence-electron chi connectivity index (χ3n) is 3.18. The van der Waals surface area contributed by atoms with E-state index in [9.17, 15) is 18.0 Å². The quantitative estimate of drug-likeness (QED) is 0.789. The van der Waals surface area contributed by atoms with Gasteiger partial charge in [-0.1, -0.05) is 0 Å². The number of aryl methyl sites for hydroxylation is 1. The van der Waals surface area contributed by atoms with Gasteiger partial charge < -0.3 is 10.7 Å². The Morgan fingerprint density at radius 3 is 2.76 bits per heavy atom. The van der Waals surface area contributed by atoms with Crippen molar-refractivity contribution < 1.29 is 13.2 Å². The summed E-state index contributed by atoms with van der Waals surface area (Å²) in [7, 11) is 0. The van der Waals surface area contributed by atoms with Crippen molar-refractivity contribution in [3.63, 3.8) is 0 Å². The van der Waals surface area contributed by atoms with Crippen molar-refractivity contribution in [1.82, 2.24) is 4.98 Å². The first-order chi connectivity index (χ1) is 7.91. The van der Waals surface area contributed by atoms with Gasteiger partial charge in [0.25, 0.3) is 5.56 Å². The van der Waals surface area contributed by atoms with E-state index < -0.39 is 12.1 Å². The fraction of sp³-hybridized carbons (Fsp3) is 0.545. The van der Waals surface area contributed by atoms with Gasteiger partial charge in [-0.15, -0.1) is 0 Å². The molecule has 0 aromatic carbocycles. The maximum atomic E-state index is 12.6. The first-order valence-corrected chi connectivity index (χ1v) is 5.42. The van der Waals surface area contributed by atoms with Gasteiger partial charge in [0.2, 0.25) is 0 Å². The third-order valence-corrected chi connectivity index (χ3v) is 3.18. The van der Waals surface area contributed by atoms with Crippen LogP contribution in [0.5, 0.6) is 0 Å². The highest BCUT2D eigenvalue weighted by atomic mass is 19.4. The van der Waals surface area contributed by atoms with Gasteiger partial charge in [-0.2, -0.15) is 13.2 Å². The standard InChI is InChI=1S/C11H13F3N2O/c12-11(13,14)8-1-2-9-6(4-8)3-7(5-15)10(17)16-9/h3,8H,1-2,4-5,15H2,(H,16,17). The molecular formula is C11H13F3N2O. The molecule has 0 saturated carbocycles. The van der Waals surface area contributed by atoms with Crippen molar-refractivity contribution in [2.45, 2.75) is 32.0 Å². The molecule has 94 valence electrons. The van der Waals surface area contributed by atoms with E-state index >= 15 is 0 Å². The van der Waals surface area contributed by atoms with Crippen molar-refractivity contribution >= 4 is 0 Å². The Bertz CT molecular complexity index is 479. The summed E-state index contributed by atoms with van der Waals surface area (Å²) in [5.74, 6) is -1.31. The van der Waals surface area contributed by atoms with Gasteiger partial charge in [-0.25, -0.2) is 0 Å². The number of pyridine rings is 1. The molecule has 17 heavy (non-hydrogen) atoms. The van der Waals surface area contributed by atoms with Crippen LogP contribution >= 0.6 is 0 Å². The van der Waals surface area contributed by atoms with Crippen molar-refractivity contribution in [3.8, 4) is 0 Å². The van der Waals surface area contributed by atoms with Crippen LogP contribution in [0.25, 0.3) is 0 Å². The van der Waals surface area contributed by atoms with E-state index in [0.29, 0.717) is 16.8 Å². The number of rotatable bonds is 1. The molecule has 0 radical (unpaired) electrons. The second-order valence-electron chi connectivity index (χ2n) is 4.31. The van der Waals surface area contributed by atoms with Crippen LogP contribution in [0.1, 0.15) is 23.2 Å². The highest BCUT2D eigenvalue weighted by molar-refractivity contribution is 5.28. The Balaban J connectivity index is 2.35. The largest absolute Gasteiger partial charge is 0.392 e. The Labute approximate surface area is 95.8 Å². The minimum absolute atomic E-state index is 0.0361. The van der Waals surface area contributed by atoms with Gasteiger partial charge >= 0.3 is 6.18 Å². The van der Waals surface area contributed by atoms with E-state index in [4.69, 9.17) is 5.73 Å². The molecule has 1 aliphatic rings. The number of aromatic amines is 1. The molecule has 1 heterocycles. The number of halogens is 3. The molecular weight excluding hydrogens is 233 g/mol. The monoisotopic (exact) mass is 246 g/mol. The topological polar surface area (TPSA) is 58.9 Å². The maximum absolute atomic E-state index is 12.6. The number of nitrogens with two attached hydrogens (primary N) is 1. The molecule has 0 amide bonds. The summed E-state index contributed by atoms with van der Waals surface area (Å²) in [5, 5.41) is 0. The van der Waals surface area contributed by atoms with E-state index in [0.717, 1.165) is 0 Å². The smallest absolute Gasteiger partial charge is 0.326 e. The molecule has 3 N–H and O–H groups in total. The minimum atomic E-state index is -4.17. The predicted octanol–water partition coefficient (Wildman–Crippen LogP) is 1.50. The van der Waals surface area contributed by atoms with Gasteiger partial charge in [-0.3, -0.25) is 4.79 Å². The van der Waals surface area contributed by atoms with Gasteiger partial charge in [0.15, 0.2) is 0 Å². The van der Waals surface area contributed by atoms with Crippen molar-refractivity contribution in [2.75, 3.05) is 0 Å². The van der Waals surface area contributed by atoms with Crippen LogP contribution < -0.4 is 11.3 Å². The molecule has 1 aliphatic carbocycles. The number of fused-ring (bicyclic) bond motifs is 1. The molecule has 0 saturated heterocycles. The summed E-state index contributed by atoms with van der Waals surface area (Å²) in [6, 6.07) is 1.51. The van der Waals surface area contributed by atoms with E-state index in [1.807, 2.05) is 0 Å². The molecule has 1 atom stereocenters. The van der Waals surface area contributed by atoms with Crippen molar-refractivity contribution in [3.05, 3.63) is 33.2 Å². The lowest BCUT2D eigenvalue weighted by Gasteiger charge is -2.26. The molecule has 6 heteroatoms. The van der Waals surface area contributed by atoms with Crippen LogP contribution in [0.2, 0.25) is 0 Å². The zero-order valence-corrected chi connectivity index (χ0v) is 9.10. The zero-order valence-electron chi connectivity index (χ0n) is 9.10. The summed E-state index contributed by atoms with van der Waals surface area (Å²) in [6.45, 7) is 0.0410. The van der Waals surface area contributed by atoms with Crippen LogP contribution in [0, 0.1) is 5.92 Å². The summed E-state index contributed by atoms with van der Waals surface area (Å²) >= 11 is 0. The van der Waals surface area contributed by atoms with Gasteiger partial charge in [0.05, 0.1) is 5.92 Å². The average Bonchev–Trinajstić information content (AvgIpc) is 2.26. The van der Waals surface area contributed by atoms with E-state index in [2.05, 4.69) is 4.98 Å². The molecule has 1 aromatic heterocycles. The summed E-state index contributed by atoms with van der Waals surface area (Å²) in [6.07, 6.45) is -3.94. The van der Waals surface area contributed by atoms with Crippen LogP contribution in [-0.4, -0.2) is 11.2 Å². The lowest BCUT2D eigenvalue weighted by molar-refractivity contribution is -0.177. The Kier molecular flexibility index (Phi) is 2.99. The molecule has 0 fully saturated rings. The lowest BCUT2D eigenvalue weighted by atomic mass is 9.85. The van der Waals surface area contributed by atoms with Gasteiger partial charge in [0, 0.05) is 17.8 Å². The molecule has 3 nitrogen and oxygen atoms in total. The summed E-state index contributed by atoms with van der Waals surface area (Å²) in [4.78, 5) is 14.1. The average molecular weight is 246 g/mol. The number of H-pyrrole nitrogens is 1. The summed E-state index contributed by atoms with van der Waals surface area (Å²) < 4.78 is 37.8. The lowest BCUT2D eigenvalue weighted by Crippen LogP contribution is -2.31. The number of alkyl halides is 3. The molecule has 0 bridgehead atoms. The number of hydrogen-bond acceptors (Lipinski definition) is 2. The number of nitrogens with one attached hydrogen (secondary N) is 1. The predicted molar refractivity (Wildman–Crippen MR) is 56.5 cm³/mol. The minimum Gasteiger partial charge on any atom is -0.326 e. The molecule has 1 unspecified atom stereocenters. The van der Waals surface area contributed by atoms with E-state index in [-0.39, 0.29) is 31.4 Å². The highest BCUT2D eigenvalue weighted by Gasteiger charge is 2.41. The first kappa shape index (κ1) is 12.2. The Hall–Kier alpha value is -1.30. The van der Waals surface area contributed by atoms with Crippen molar-refractivity contribution in [1.29, 1.82) is 0 Å². The van der Waals surface area contributed by atoms with Crippen LogP contribution in [0.3, 0.4) is 0 Å². The molecule has 1 aromatic rings. The molecule has 0 aliphatic heterocycles. The van der Waals surface area contributed by atoms with Crippen molar-refractivity contribution in [2.24, 2.45) is 11.7 Å². The number of aromatic nitrogens is 1. The normalized spacial score (nSPS) is 20.1. The van der Waals surface area contributed by atoms with Gasteiger partial charge in [-0.05, 0) is 30.9 Å². The Morgan fingerprint density at radius 2 is 2.18 bits per heavy atom. The van der Waals surface area contributed by atoms with Crippen LogP contribution in [-0.2, 0) is 19.4 Å². The van der Waals surface area contributed by atoms with Gasteiger partial charge in [0.1, 0.15) is 0 Å².